The van der Waals surface area contributed by atoms with Crippen LogP contribution >= 0.6 is 0 Å². The third kappa shape index (κ3) is 8.98. The molecule has 0 spiro atoms. The van der Waals surface area contributed by atoms with Crippen LogP contribution in [-0.4, -0.2) is 25.9 Å². The van der Waals surface area contributed by atoms with Crippen molar-refractivity contribution in [2.45, 2.75) is 88.9 Å². The highest BCUT2D eigenvalue weighted by atomic mass is 32.2. The summed E-state index contributed by atoms with van der Waals surface area (Å²) in [6, 6.07) is 13.1. The molecule has 2 rings (SSSR count). The third-order valence-corrected chi connectivity index (χ3v) is 8.94. The number of benzene rings is 2. The van der Waals surface area contributed by atoms with E-state index in [-0.39, 0.29) is 15.7 Å². The molecule has 36 heavy (non-hydrogen) atoms. The fraction of sp³-hybridized carbons (Fsp3) is 0.571. The quantitative estimate of drug-likeness (QED) is 0.261. The second-order valence-electron chi connectivity index (χ2n) is 11.1. The molecule has 8 heteroatoms. The van der Waals surface area contributed by atoms with Crippen LogP contribution in [-0.2, 0) is 20.2 Å². The van der Waals surface area contributed by atoms with E-state index in [1.54, 1.807) is 12.1 Å². The molecule has 0 bridgehead atoms. The summed E-state index contributed by atoms with van der Waals surface area (Å²) < 4.78 is 64.1. The lowest BCUT2D eigenvalue weighted by Gasteiger charge is -2.29. The van der Waals surface area contributed by atoms with Crippen LogP contribution in [0.1, 0.15) is 90.2 Å². The summed E-state index contributed by atoms with van der Waals surface area (Å²) in [5.74, 6) is 2.32. The van der Waals surface area contributed by atoms with Gasteiger partial charge in [-0.25, -0.2) is 0 Å². The van der Waals surface area contributed by atoms with Crippen LogP contribution in [0.5, 0.6) is 0 Å². The van der Waals surface area contributed by atoms with E-state index in [9.17, 15) is 25.9 Å². The lowest BCUT2D eigenvalue weighted by atomic mass is 9.76. The van der Waals surface area contributed by atoms with Gasteiger partial charge in [0, 0.05) is 0 Å². The zero-order valence-corrected chi connectivity index (χ0v) is 23.9. The zero-order chi connectivity index (χ0) is 27.3. The molecule has 0 aliphatic carbocycles. The Kier molecular flexibility index (Phi) is 10.7. The first-order valence-electron chi connectivity index (χ1n) is 12.7. The van der Waals surface area contributed by atoms with Crippen molar-refractivity contribution in [3.63, 3.8) is 0 Å². The summed E-state index contributed by atoms with van der Waals surface area (Å²) in [7, 11) is -8.40. The van der Waals surface area contributed by atoms with Gasteiger partial charge in [0.1, 0.15) is 0 Å². The largest absolute Gasteiger partial charge is 0.294 e. The highest BCUT2D eigenvalue weighted by Crippen LogP contribution is 2.37. The molecule has 0 saturated heterocycles. The van der Waals surface area contributed by atoms with Crippen LogP contribution in [0.15, 0.2) is 58.3 Å². The predicted molar refractivity (Wildman–Crippen MR) is 144 cm³/mol. The molecular formula is C28H42O6S2. The molecule has 2 aromatic rings. The summed E-state index contributed by atoms with van der Waals surface area (Å²) in [6.07, 6.45) is 4.05. The molecule has 202 valence electrons. The van der Waals surface area contributed by atoms with Crippen molar-refractivity contribution in [3.8, 4) is 0 Å². The van der Waals surface area contributed by atoms with E-state index in [2.05, 4.69) is 41.5 Å². The van der Waals surface area contributed by atoms with Crippen molar-refractivity contribution >= 4 is 20.2 Å². The smallest absolute Gasteiger partial charge is 0.282 e. The van der Waals surface area contributed by atoms with Gasteiger partial charge in [-0.1, -0.05) is 72.2 Å². The van der Waals surface area contributed by atoms with Gasteiger partial charge in [-0.2, -0.15) is 16.8 Å². The van der Waals surface area contributed by atoms with Crippen molar-refractivity contribution in [2.75, 3.05) is 0 Å². The number of hydrogen-bond donors (Lipinski definition) is 2. The molecule has 6 nitrogen and oxygen atoms in total. The topological polar surface area (TPSA) is 109 Å². The summed E-state index contributed by atoms with van der Waals surface area (Å²) in [6.45, 7) is 13.2. The maximum Gasteiger partial charge on any atom is 0.294 e. The monoisotopic (exact) mass is 538 g/mol. The highest BCUT2D eigenvalue weighted by Gasteiger charge is 2.24. The molecule has 0 aliphatic heterocycles. The molecule has 0 fully saturated rings. The summed E-state index contributed by atoms with van der Waals surface area (Å²) >= 11 is 0. The highest BCUT2D eigenvalue weighted by molar-refractivity contribution is 7.86. The normalized spacial score (nSPS) is 16.2. The number of rotatable bonds is 13. The van der Waals surface area contributed by atoms with Crippen molar-refractivity contribution in [1.82, 2.24) is 0 Å². The summed E-state index contributed by atoms with van der Waals surface area (Å²) in [5.41, 5.74) is 2.17. The van der Waals surface area contributed by atoms with E-state index in [0.717, 1.165) is 36.8 Å². The minimum atomic E-state index is -4.20. The minimum Gasteiger partial charge on any atom is -0.282 e. The van der Waals surface area contributed by atoms with Gasteiger partial charge in [0.15, 0.2) is 0 Å². The molecule has 0 aliphatic rings. The van der Waals surface area contributed by atoms with Gasteiger partial charge in [-0.15, -0.1) is 0 Å². The van der Waals surface area contributed by atoms with Crippen LogP contribution < -0.4 is 0 Å². The predicted octanol–water partition coefficient (Wildman–Crippen LogP) is 7.19. The Morgan fingerprint density at radius 1 is 0.611 bits per heavy atom. The van der Waals surface area contributed by atoms with E-state index in [0.29, 0.717) is 29.6 Å². The van der Waals surface area contributed by atoms with Gasteiger partial charge in [0.25, 0.3) is 20.2 Å². The molecule has 2 N–H and O–H groups in total. The van der Waals surface area contributed by atoms with E-state index in [4.69, 9.17) is 0 Å². The Bertz CT molecular complexity index is 1170. The maximum atomic E-state index is 11.4. The molecule has 0 saturated carbocycles. The Morgan fingerprint density at radius 3 is 1.39 bits per heavy atom. The van der Waals surface area contributed by atoms with E-state index >= 15 is 0 Å². The SMILES string of the molecule is CC(C)CC(c1ccc(S(=O)(=O)O)cc1)C(C)CCC(C)CC(c1ccc(S(=O)(=O)O)cc1)C(C)C. The maximum absolute atomic E-state index is 11.4. The second-order valence-corrected chi connectivity index (χ2v) is 13.9. The third-order valence-electron chi connectivity index (χ3n) is 7.20. The van der Waals surface area contributed by atoms with E-state index in [1.807, 2.05) is 12.1 Å². The van der Waals surface area contributed by atoms with Crippen molar-refractivity contribution in [2.24, 2.45) is 23.7 Å². The van der Waals surface area contributed by atoms with Crippen LogP contribution in [0, 0.1) is 23.7 Å². The molecular weight excluding hydrogens is 496 g/mol. The van der Waals surface area contributed by atoms with Crippen molar-refractivity contribution < 1.29 is 25.9 Å². The fourth-order valence-electron chi connectivity index (χ4n) is 5.07. The second kappa shape index (κ2) is 12.7. The summed E-state index contributed by atoms with van der Waals surface area (Å²) in [4.78, 5) is -0.170. The Hall–Kier alpha value is -1.74. The Balaban J connectivity index is 2.09. The average molecular weight is 539 g/mol. The van der Waals surface area contributed by atoms with Gasteiger partial charge in [0.2, 0.25) is 0 Å². The van der Waals surface area contributed by atoms with E-state index < -0.39 is 20.2 Å². The first-order chi connectivity index (χ1) is 16.6. The molecule has 0 heterocycles. The molecule has 2 aromatic carbocycles. The molecule has 0 aromatic heterocycles. The first kappa shape index (κ1) is 30.5. The number of hydrogen-bond acceptors (Lipinski definition) is 4. The van der Waals surface area contributed by atoms with Crippen molar-refractivity contribution in [1.29, 1.82) is 0 Å². The van der Waals surface area contributed by atoms with E-state index in [1.165, 1.54) is 24.3 Å². The van der Waals surface area contributed by atoms with Crippen molar-refractivity contribution in [3.05, 3.63) is 59.7 Å². The van der Waals surface area contributed by atoms with Gasteiger partial charge in [-0.05, 0) is 90.2 Å². The molecule has 0 radical (unpaired) electrons. The van der Waals surface area contributed by atoms with Gasteiger partial charge in [-0.3, -0.25) is 9.11 Å². The molecule has 4 unspecified atom stereocenters. The van der Waals surface area contributed by atoms with Gasteiger partial charge >= 0.3 is 0 Å². The van der Waals surface area contributed by atoms with Gasteiger partial charge < -0.3 is 0 Å². The van der Waals surface area contributed by atoms with Crippen LogP contribution in [0.25, 0.3) is 0 Å². The average Bonchev–Trinajstić information content (AvgIpc) is 2.78. The fourth-order valence-corrected chi connectivity index (χ4v) is 6.03. The lowest BCUT2D eigenvalue weighted by Crippen LogP contribution is -2.16. The summed E-state index contributed by atoms with van der Waals surface area (Å²) in [5, 5.41) is 0. The minimum absolute atomic E-state index is 0.0832. The molecule has 0 amide bonds. The first-order valence-corrected chi connectivity index (χ1v) is 15.6. The Morgan fingerprint density at radius 2 is 1.03 bits per heavy atom. The van der Waals surface area contributed by atoms with Gasteiger partial charge in [0.05, 0.1) is 9.79 Å². The standard InChI is InChI=1S/C28H42O6S2/c1-19(2)17-28(24-11-15-26(16-12-24)36(32,33)34)22(6)8-7-21(5)18-27(20(3)4)23-9-13-25(14-10-23)35(29,30)31/h9-16,19-22,27-28H,7-8,17-18H2,1-6H3,(H,29,30,31)(H,32,33,34). The zero-order valence-electron chi connectivity index (χ0n) is 22.3. The molecule has 4 atom stereocenters. The van der Waals surface area contributed by atoms with Crippen LogP contribution in [0.3, 0.4) is 0 Å². The Labute approximate surface area is 218 Å². The lowest BCUT2D eigenvalue weighted by molar-refractivity contribution is 0.313. The van der Waals surface area contributed by atoms with Crippen LogP contribution in [0.4, 0.5) is 0 Å². The van der Waals surface area contributed by atoms with Crippen LogP contribution in [0.2, 0.25) is 0 Å².